The van der Waals surface area contributed by atoms with Crippen LogP contribution in [-0.4, -0.2) is 23.1 Å². The van der Waals surface area contributed by atoms with Gasteiger partial charge in [-0.2, -0.15) is 0 Å². The Balaban J connectivity index is 1.98. The normalized spacial score (nSPS) is 11.2. The first kappa shape index (κ1) is 22.6. The molecule has 1 heterocycles. The molecule has 0 aliphatic rings. The molecule has 0 fully saturated rings. The van der Waals surface area contributed by atoms with Gasteiger partial charge >= 0.3 is 0 Å². The summed E-state index contributed by atoms with van der Waals surface area (Å²) in [6.45, 7) is 12.2. The van der Waals surface area contributed by atoms with E-state index in [0.717, 1.165) is 37.8 Å². The summed E-state index contributed by atoms with van der Waals surface area (Å²) in [6.07, 6.45) is 1.65. The summed E-state index contributed by atoms with van der Waals surface area (Å²) in [7, 11) is 0. The van der Waals surface area contributed by atoms with Gasteiger partial charge in [-0.1, -0.05) is 88.4 Å². The van der Waals surface area contributed by atoms with E-state index < -0.39 is 0 Å². The molecule has 164 valence electrons. The van der Waals surface area contributed by atoms with Crippen LogP contribution in [0, 0.1) is 11.8 Å². The maximum absolute atomic E-state index is 6.74. The molecule has 2 aromatic carbocycles. The Labute approximate surface area is 186 Å². The van der Waals surface area contributed by atoms with E-state index in [4.69, 9.17) is 5.73 Å². The van der Waals surface area contributed by atoms with Gasteiger partial charge in [0.15, 0.2) is 11.6 Å². The van der Waals surface area contributed by atoms with Crippen LogP contribution < -0.4 is 15.5 Å². The van der Waals surface area contributed by atoms with Gasteiger partial charge in [-0.25, -0.2) is 9.97 Å². The average Bonchev–Trinajstić information content (AvgIpc) is 2.74. The van der Waals surface area contributed by atoms with Gasteiger partial charge < -0.3 is 15.5 Å². The van der Waals surface area contributed by atoms with Crippen molar-refractivity contribution in [2.24, 2.45) is 11.8 Å². The molecule has 0 radical (unpaired) electrons. The van der Waals surface area contributed by atoms with Crippen LogP contribution in [0.1, 0.15) is 38.8 Å². The highest BCUT2D eigenvalue weighted by Gasteiger charge is 2.21. The zero-order chi connectivity index (χ0) is 22.2. The zero-order valence-electron chi connectivity index (χ0n) is 19.2. The molecule has 0 spiro atoms. The molecule has 3 aromatic rings. The standard InChI is InChI=1S/C26H35N5/c1-20(2)15-30(16-21(3)4)25-24(27)26(29-19-28-25)31(17-22-11-7-5-8-12-22)18-23-13-9-6-10-14-23/h5-14,19-21H,15-18,27H2,1-4H3. The SMILES string of the molecule is CC(C)CN(CC(C)C)c1ncnc(N(Cc2ccccc2)Cc2ccccc2)c1N. The third-order valence-corrected chi connectivity index (χ3v) is 5.04. The number of hydrogen-bond donors (Lipinski definition) is 1. The third-order valence-electron chi connectivity index (χ3n) is 5.04. The number of nitrogens with two attached hydrogens (primary N) is 1. The van der Waals surface area contributed by atoms with Crippen LogP contribution in [-0.2, 0) is 13.1 Å². The fourth-order valence-corrected chi connectivity index (χ4v) is 3.82. The van der Waals surface area contributed by atoms with E-state index in [1.54, 1.807) is 6.33 Å². The molecule has 0 aliphatic heterocycles. The Morgan fingerprint density at radius 2 is 1.10 bits per heavy atom. The van der Waals surface area contributed by atoms with Gasteiger partial charge in [-0.3, -0.25) is 0 Å². The van der Waals surface area contributed by atoms with Gasteiger partial charge in [-0.15, -0.1) is 0 Å². The molecule has 3 rings (SSSR count). The van der Waals surface area contributed by atoms with Crippen molar-refractivity contribution in [2.75, 3.05) is 28.6 Å². The highest BCUT2D eigenvalue weighted by molar-refractivity contribution is 5.75. The third kappa shape index (κ3) is 6.45. The lowest BCUT2D eigenvalue weighted by molar-refractivity contribution is 0.549. The van der Waals surface area contributed by atoms with E-state index in [1.165, 1.54) is 11.1 Å². The summed E-state index contributed by atoms with van der Waals surface area (Å²) in [5.41, 5.74) is 9.83. The fourth-order valence-electron chi connectivity index (χ4n) is 3.82. The maximum atomic E-state index is 6.74. The second-order valence-electron chi connectivity index (χ2n) is 8.95. The van der Waals surface area contributed by atoms with E-state index in [9.17, 15) is 0 Å². The van der Waals surface area contributed by atoms with Crippen molar-refractivity contribution in [3.63, 3.8) is 0 Å². The molecule has 0 amide bonds. The lowest BCUT2D eigenvalue weighted by Gasteiger charge is -2.31. The molecule has 0 unspecified atom stereocenters. The lowest BCUT2D eigenvalue weighted by Crippen LogP contribution is -2.33. The Morgan fingerprint density at radius 3 is 1.52 bits per heavy atom. The van der Waals surface area contributed by atoms with Crippen molar-refractivity contribution < 1.29 is 0 Å². The van der Waals surface area contributed by atoms with Crippen molar-refractivity contribution in [2.45, 2.75) is 40.8 Å². The van der Waals surface area contributed by atoms with Gasteiger partial charge in [0, 0.05) is 26.2 Å². The monoisotopic (exact) mass is 417 g/mol. The first-order valence-electron chi connectivity index (χ1n) is 11.1. The average molecular weight is 418 g/mol. The van der Waals surface area contributed by atoms with E-state index in [0.29, 0.717) is 17.5 Å². The molecule has 0 saturated heterocycles. The first-order chi connectivity index (χ1) is 14.9. The van der Waals surface area contributed by atoms with Gasteiger partial charge in [0.25, 0.3) is 0 Å². The summed E-state index contributed by atoms with van der Waals surface area (Å²) in [5, 5.41) is 0. The molecule has 5 nitrogen and oxygen atoms in total. The first-order valence-corrected chi connectivity index (χ1v) is 11.1. The van der Waals surface area contributed by atoms with Crippen LogP contribution in [0.25, 0.3) is 0 Å². The van der Waals surface area contributed by atoms with Crippen LogP contribution in [0.5, 0.6) is 0 Å². The molecular formula is C26H35N5. The van der Waals surface area contributed by atoms with Crippen LogP contribution in [0.4, 0.5) is 17.3 Å². The molecule has 31 heavy (non-hydrogen) atoms. The maximum Gasteiger partial charge on any atom is 0.158 e. The van der Waals surface area contributed by atoms with Gasteiger partial charge in [0.2, 0.25) is 0 Å². The molecule has 1 aromatic heterocycles. The van der Waals surface area contributed by atoms with E-state index in [1.807, 2.05) is 12.1 Å². The fraction of sp³-hybridized carbons (Fsp3) is 0.385. The Kier molecular flexibility index (Phi) is 7.88. The molecule has 0 bridgehead atoms. The smallest absolute Gasteiger partial charge is 0.158 e. The largest absolute Gasteiger partial charge is 0.393 e. The Hall–Kier alpha value is -3.08. The summed E-state index contributed by atoms with van der Waals surface area (Å²) in [6, 6.07) is 20.9. The van der Waals surface area contributed by atoms with Crippen LogP contribution in [0.2, 0.25) is 0 Å². The Morgan fingerprint density at radius 1 is 0.677 bits per heavy atom. The highest BCUT2D eigenvalue weighted by Crippen LogP contribution is 2.32. The predicted molar refractivity (Wildman–Crippen MR) is 131 cm³/mol. The van der Waals surface area contributed by atoms with E-state index >= 15 is 0 Å². The number of nitrogens with zero attached hydrogens (tertiary/aromatic N) is 4. The minimum Gasteiger partial charge on any atom is -0.393 e. The van der Waals surface area contributed by atoms with Gasteiger partial charge in [0.1, 0.15) is 12.0 Å². The van der Waals surface area contributed by atoms with Crippen LogP contribution in [0.3, 0.4) is 0 Å². The Bertz CT molecular complexity index is 874. The highest BCUT2D eigenvalue weighted by atomic mass is 15.3. The number of anilines is 3. The summed E-state index contributed by atoms with van der Waals surface area (Å²) >= 11 is 0. The molecule has 2 N–H and O–H groups in total. The minimum absolute atomic E-state index is 0.515. The van der Waals surface area contributed by atoms with Crippen molar-refractivity contribution >= 4 is 17.3 Å². The van der Waals surface area contributed by atoms with Crippen molar-refractivity contribution in [3.05, 3.63) is 78.1 Å². The number of nitrogen functional groups attached to an aromatic ring is 1. The van der Waals surface area contributed by atoms with Crippen molar-refractivity contribution in [3.8, 4) is 0 Å². The predicted octanol–water partition coefficient (Wildman–Crippen LogP) is 5.38. The van der Waals surface area contributed by atoms with Crippen molar-refractivity contribution in [1.82, 2.24) is 9.97 Å². The van der Waals surface area contributed by atoms with E-state index in [2.05, 4.69) is 96.0 Å². The molecule has 5 heteroatoms. The lowest BCUT2D eigenvalue weighted by atomic mass is 10.1. The molecule has 0 atom stereocenters. The number of rotatable bonds is 10. The van der Waals surface area contributed by atoms with Crippen molar-refractivity contribution in [1.29, 1.82) is 0 Å². The van der Waals surface area contributed by atoms with E-state index in [-0.39, 0.29) is 0 Å². The minimum atomic E-state index is 0.515. The summed E-state index contributed by atoms with van der Waals surface area (Å²) < 4.78 is 0. The topological polar surface area (TPSA) is 58.3 Å². The summed E-state index contributed by atoms with van der Waals surface area (Å²) in [5.74, 6) is 2.65. The summed E-state index contributed by atoms with van der Waals surface area (Å²) in [4.78, 5) is 13.8. The second-order valence-corrected chi connectivity index (χ2v) is 8.95. The zero-order valence-corrected chi connectivity index (χ0v) is 19.2. The molecule has 0 saturated carbocycles. The number of hydrogen-bond acceptors (Lipinski definition) is 5. The quantitative estimate of drug-likeness (QED) is 0.480. The van der Waals surface area contributed by atoms with Gasteiger partial charge in [0.05, 0.1) is 0 Å². The molecule has 0 aliphatic carbocycles. The van der Waals surface area contributed by atoms with Crippen LogP contribution >= 0.6 is 0 Å². The second kappa shape index (κ2) is 10.8. The van der Waals surface area contributed by atoms with Crippen LogP contribution in [0.15, 0.2) is 67.0 Å². The molecular weight excluding hydrogens is 382 g/mol. The number of aromatic nitrogens is 2. The number of benzene rings is 2. The van der Waals surface area contributed by atoms with Gasteiger partial charge in [-0.05, 0) is 23.0 Å².